The van der Waals surface area contributed by atoms with Crippen LogP contribution in [-0.2, 0) is 0 Å². The standard InChI is InChI=1S/C30H3F12N5/c1-7-17(31)21(35)13(22(36)18(7)32)8(4-43)11-12(9(5-44)14-23(37)27(41)30(47-3)28(42)24(14)38)15(11)29(46-2)16-25(39)19(33)10(6-45)20(34)26(16)40/h1H3/b11-8+,12-9-,29-15-. The van der Waals surface area contributed by atoms with Gasteiger partial charge in [0.2, 0.25) is 5.70 Å². The molecule has 232 valence electrons. The van der Waals surface area contributed by atoms with Crippen molar-refractivity contribution in [2.75, 3.05) is 0 Å². The molecule has 0 radical (unpaired) electrons. The number of hydrogen-bond donors (Lipinski definition) is 0. The third kappa shape index (κ3) is 4.63. The maximum Gasteiger partial charge on any atom is 0.262 e. The van der Waals surface area contributed by atoms with E-state index in [1.807, 2.05) is 0 Å². The fourth-order valence-electron chi connectivity index (χ4n) is 4.47. The Morgan fingerprint density at radius 2 is 0.872 bits per heavy atom. The molecule has 0 bridgehead atoms. The van der Waals surface area contributed by atoms with Crippen LogP contribution in [-0.4, -0.2) is 0 Å². The second-order valence-electron chi connectivity index (χ2n) is 9.02. The molecular weight excluding hydrogens is 658 g/mol. The highest BCUT2D eigenvalue weighted by Gasteiger charge is 2.46. The summed E-state index contributed by atoms with van der Waals surface area (Å²) in [6.45, 7) is 14.7. The van der Waals surface area contributed by atoms with Crippen LogP contribution in [0.2, 0.25) is 0 Å². The van der Waals surface area contributed by atoms with Crippen LogP contribution in [0.25, 0.3) is 26.5 Å². The predicted octanol–water partition coefficient (Wildman–Crippen LogP) is 8.69. The van der Waals surface area contributed by atoms with Crippen LogP contribution in [0.15, 0.2) is 16.7 Å². The van der Waals surface area contributed by atoms with Crippen molar-refractivity contribution in [3.05, 3.63) is 137 Å². The molecule has 0 spiro atoms. The molecule has 1 fully saturated rings. The number of allylic oxidation sites excluding steroid dienone is 5. The van der Waals surface area contributed by atoms with E-state index in [0.717, 1.165) is 18.2 Å². The minimum atomic E-state index is -2.48. The highest BCUT2D eigenvalue weighted by Crippen LogP contribution is 2.58. The van der Waals surface area contributed by atoms with Gasteiger partial charge < -0.3 is 0 Å². The third-order valence-electron chi connectivity index (χ3n) is 6.71. The van der Waals surface area contributed by atoms with Crippen LogP contribution < -0.4 is 0 Å². The molecular formula is C30H3F12N5. The number of hydrogen-bond acceptors (Lipinski definition) is 3. The Morgan fingerprint density at radius 3 is 1.19 bits per heavy atom. The second-order valence-corrected chi connectivity index (χ2v) is 9.02. The molecule has 0 aromatic heterocycles. The number of halogens is 12. The van der Waals surface area contributed by atoms with Gasteiger partial charge in [0, 0.05) is 5.56 Å². The number of nitriles is 3. The van der Waals surface area contributed by atoms with Gasteiger partial charge in [0.15, 0.2) is 69.8 Å². The average molecular weight is 661 g/mol. The van der Waals surface area contributed by atoms with Gasteiger partial charge in [0.25, 0.3) is 5.69 Å². The summed E-state index contributed by atoms with van der Waals surface area (Å²) in [5, 5.41) is 28.5. The van der Waals surface area contributed by atoms with Gasteiger partial charge in [-0.1, -0.05) is 0 Å². The van der Waals surface area contributed by atoms with Crippen molar-refractivity contribution in [1.82, 2.24) is 0 Å². The smallest absolute Gasteiger partial charge is 0.237 e. The Balaban J connectivity index is 2.37. The zero-order valence-corrected chi connectivity index (χ0v) is 22.3. The summed E-state index contributed by atoms with van der Waals surface area (Å²) >= 11 is 0. The Bertz CT molecular complexity index is 2130. The lowest BCUT2D eigenvalue weighted by molar-refractivity contribution is 0.442. The fourth-order valence-corrected chi connectivity index (χ4v) is 4.47. The van der Waals surface area contributed by atoms with Crippen molar-refractivity contribution in [3.63, 3.8) is 0 Å². The first kappa shape index (κ1) is 33.4. The molecule has 47 heavy (non-hydrogen) atoms. The van der Waals surface area contributed by atoms with Crippen LogP contribution in [0.1, 0.15) is 27.8 Å². The van der Waals surface area contributed by atoms with Gasteiger partial charge in [-0.25, -0.2) is 62.4 Å². The van der Waals surface area contributed by atoms with Gasteiger partial charge in [-0.2, -0.15) is 15.8 Å². The summed E-state index contributed by atoms with van der Waals surface area (Å²) in [5.41, 5.74) is -20.1. The molecule has 0 unspecified atom stereocenters. The topological polar surface area (TPSA) is 80.1 Å². The molecule has 0 heterocycles. The van der Waals surface area contributed by atoms with E-state index in [1.165, 1.54) is 0 Å². The Kier molecular flexibility index (Phi) is 8.36. The summed E-state index contributed by atoms with van der Waals surface area (Å²) in [6.07, 6.45) is 0. The largest absolute Gasteiger partial charge is 0.262 e. The summed E-state index contributed by atoms with van der Waals surface area (Å²) in [4.78, 5) is 4.89. The number of rotatable bonds is 3. The van der Waals surface area contributed by atoms with Gasteiger partial charge >= 0.3 is 0 Å². The monoisotopic (exact) mass is 661 g/mol. The molecule has 4 rings (SSSR count). The van der Waals surface area contributed by atoms with Crippen molar-refractivity contribution < 1.29 is 52.7 Å². The summed E-state index contributed by atoms with van der Waals surface area (Å²) in [6, 6.07) is 2.82. The van der Waals surface area contributed by atoms with Gasteiger partial charge in [0.05, 0.1) is 41.0 Å². The Labute approximate surface area is 253 Å². The molecule has 0 amide bonds. The highest BCUT2D eigenvalue weighted by molar-refractivity contribution is 6.11. The molecule has 3 aromatic carbocycles. The Morgan fingerprint density at radius 1 is 0.511 bits per heavy atom. The van der Waals surface area contributed by atoms with Crippen LogP contribution in [0.5, 0.6) is 0 Å². The average Bonchev–Trinajstić information content (AvgIpc) is 3.77. The normalized spacial score (nSPS) is 15.1. The lowest BCUT2D eigenvalue weighted by Gasteiger charge is -2.09. The van der Waals surface area contributed by atoms with E-state index in [1.54, 1.807) is 0 Å². The fraction of sp³-hybridized carbons (Fsp3) is 0.0333. The molecule has 0 atom stereocenters. The maximum absolute atomic E-state index is 15.0. The second kappa shape index (κ2) is 11.8. The molecule has 5 nitrogen and oxygen atoms in total. The quantitative estimate of drug-likeness (QED) is 0.122. The van der Waals surface area contributed by atoms with E-state index < -0.39 is 137 Å². The molecule has 0 saturated heterocycles. The third-order valence-corrected chi connectivity index (χ3v) is 6.71. The summed E-state index contributed by atoms with van der Waals surface area (Å²) in [5.74, 6) is -28.4. The zero-order chi connectivity index (χ0) is 35.4. The summed E-state index contributed by atoms with van der Waals surface area (Å²) in [7, 11) is 0. The molecule has 3 aromatic rings. The van der Waals surface area contributed by atoms with E-state index in [4.69, 9.17) is 18.4 Å². The van der Waals surface area contributed by atoms with Crippen molar-refractivity contribution in [1.29, 1.82) is 15.8 Å². The maximum atomic E-state index is 15.0. The van der Waals surface area contributed by atoms with Gasteiger partial charge in [-0.05, 0) is 23.6 Å². The minimum absolute atomic E-state index is 0.555. The van der Waals surface area contributed by atoms with E-state index in [0.29, 0.717) is 6.92 Å². The molecule has 0 aliphatic heterocycles. The molecule has 1 aliphatic rings. The first-order valence-corrected chi connectivity index (χ1v) is 11.8. The number of nitrogens with zero attached hydrogens (tertiary/aromatic N) is 5. The van der Waals surface area contributed by atoms with E-state index in [9.17, 15) is 36.9 Å². The molecule has 17 heteroatoms. The van der Waals surface area contributed by atoms with Crippen molar-refractivity contribution in [2.45, 2.75) is 6.92 Å². The first-order valence-electron chi connectivity index (χ1n) is 11.8. The number of benzene rings is 3. The van der Waals surface area contributed by atoms with Gasteiger partial charge in [-0.15, -0.1) is 0 Å². The van der Waals surface area contributed by atoms with Crippen LogP contribution in [0, 0.1) is 124 Å². The molecule has 1 aliphatic carbocycles. The molecule has 1 saturated carbocycles. The minimum Gasteiger partial charge on any atom is -0.237 e. The summed E-state index contributed by atoms with van der Waals surface area (Å²) < 4.78 is 177. The van der Waals surface area contributed by atoms with Crippen molar-refractivity contribution >= 4 is 22.5 Å². The van der Waals surface area contributed by atoms with Crippen LogP contribution in [0.3, 0.4) is 0 Å². The zero-order valence-electron chi connectivity index (χ0n) is 22.3. The van der Waals surface area contributed by atoms with Crippen molar-refractivity contribution in [2.24, 2.45) is 0 Å². The predicted molar refractivity (Wildman–Crippen MR) is 133 cm³/mol. The lowest BCUT2D eigenvalue weighted by Crippen LogP contribution is -2.06. The van der Waals surface area contributed by atoms with E-state index >= 15 is 26.3 Å². The van der Waals surface area contributed by atoms with Gasteiger partial charge in [-0.3, -0.25) is 0 Å². The van der Waals surface area contributed by atoms with Crippen LogP contribution >= 0.6 is 0 Å². The highest BCUT2D eigenvalue weighted by atomic mass is 19.2. The Hall–Kier alpha value is -6.51. The van der Waals surface area contributed by atoms with Gasteiger partial charge in [0.1, 0.15) is 23.8 Å². The molecule has 0 N–H and O–H groups in total. The first-order chi connectivity index (χ1) is 22.1. The van der Waals surface area contributed by atoms with E-state index in [2.05, 4.69) is 9.69 Å². The van der Waals surface area contributed by atoms with Crippen LogP contribution in [0.4, 0.5) is 58.4 Å². The van der Waals surface area contributed by atoms with E-state index in [-0.39, 0.29) is 0 Å². The van der Waals surface area contributed by atoms with Crippen molar-refractivity contribution in [3.8, 4) is 18.2 Å². The lowest BCUT2D eigenvalue weighted by atomic mass is 9.99. The SMILES string of the molecule is [C-]#[N+]/C(=C1/C(=C(\C#N)c2c(F)c(F)c(C)c(F)c2F)/C1=C(\C#N)c1c(F)c(F)c([N+]#[C-])c(F)c1F)c1c(F)c(F)c(C#N)c(F)c1F.